The number of nitrogens with one attached hydrogen (secondary N) is 2. The summed E-state index contributed by atoms with van der Waals surface area (Å²) in [6.45, 7) is 0. The van der Waals surface area contributed by atoms with E-state index in [9.17, 15) is 9.59 Å². The molecule has 1 fully saturated rings. The van der Waals surface area contributed by atoms with E-state index in [1.165, 1.54) is 18.2 Å². The monoisotopic (exact) mass is 428 g/mol. The molecule has 0 radical (unpaired) electrons. The zero-order valence-electron chi connectivity index (χ0n) is 17.4. The lowest BCUT2D eigenvalue weighted by Crippen LogP contribution is -2.24. The first-order valence-corrected chi connectivity index (χ1v) is 11.1. The highest BCUT2D eigenvalue weighted by molar-refractivity contribution is 8.00. The highest BCUT2D eigenvalue weighted by Crippen LogP contribution is 2.30. The summed E-state index contributed by atoms with van der Waals surface area (Å²) in [5.41, 5.74) is 1.40. The van der Waals surface area contributed by atoms with Crippen molar-refractivity contribution in [2.75, 3.05) is 30.6 Å². The van der Waals surface area contributed by atoms with Crippen LogP contribution >= 0.6 is 11.8 Å². The molecule has 1 saturated carbocycles. The Hall–Kier alpha value is -2.67. The first-order chi connectivity index (χ1) is 14.6. The van der Waals surface area contributed by atoms with Crippen LogP contribution in [0.4, 0.5) is 11.4 Å². The molecule has 3 rings (SSSR count). The number of benzene rings is 2. The lowest BCUT2D eigenvalue weighted by molar-refractivity contribution is -0.120. The fourth-order valence-corrected chi connectivity index (χ4v) is 4.18. The van der Waals surface area contributed by atoms with Crippen LogP contribution in [0.5, 0.6) is 11.5 Å². The Morgan fingerprint density at radius 2 is 1.70 bits per heavy atom. The van der Waals surface area contributed by atoms with Gasteiger partial charge in [-0.1, -0.05) is 19.3 Å². The molecule has 0 unspecified atom stereocenters. The molecule has 2 aromatic carbocycles. The number of ether oxygens (including phenoxy) is 2. The molecule has 0 spiro atoms. The minimum atomic E-state index is -0.127. The van der Waals surface area contributed by atoms with Crippen LogP contribution in [0.2, 0.25) is 0 Å². The number of amides is 2. The van der Waals surface area contributed by atoms with E-state index >= 15 is 0 Å². The van der Waals surface area contributed by atoms with E-state index < -0.39 is 0 Å². The summed E-state index contributed by atoms with van der Waals surface area (Å²) < 4.78 is 10.5. The van der Waals surface area contributed by atoms with Gasteiger partial charge >= 0.3 is 0 Å². The predicted molar refractivity (Wildman–Crippen MR) is 121 cm³/mol. The number of hydrogen-bond donors (Lipinski definition) is 2. The fraction of sp³-hybridized carbons (Fsp3) is 0.391. The number of thioether (sulfide) groups is 1. The van der Waals surface area contributed by atoms with E-state index in [0.717, 1.165) is 36.3 Å². The van der Waals surface area contributed by atoms with Crippen molar-refractivity contribution >= 4 is 35.0 Å². The first-order valence-electron chi connectivity index (χ1n) is 10.1. The Morgan fingerprint density at radius 1 is 0.967 bits per heavy atom. The Labute approximate surface area is 181 Å². The topological polar surface area (TPSA) is 76.7 Å². The third-order valence-electron chi connectivity index (χ3n) is 5.15. The van der Waals surface area contributed by atoms with Crippen molar-refractivity contribution in [1.29, 1.82) is 0 Å². The van der Waals surface area contributed by atoms with Gasteiger partial charge in [0.25, 0.3) is 0 Å². The minimum Gasteiger partial charge on any atom is -0.497 e. The van der Waals surface area contributed by atoms with Crippen molar-refractivity contribution < 1.29 is 19.1 Å². The van der Waals surface area contributed by atoms with Crippen molar-refractivity contribution in [3.8, 4) is 11.5 Å². The number of carbonyl (C=O) groups is 2. The largest absolute Gasteiger partial charge is 0.497 e. The van der Waals surface area contributed by atoms with E-state index in [1.807, 2.05) is 24.3 Å². The summed E-state index contributed by atoms with van der Waals surface area (Å²) in [7, 11) is 3.13. The van der Waals surface area contributed by atoms with E-state index in [-0.39, 0.29) is 23.5 Å². The lowest BCUT2D eigenvalue weighted by Gasteiger charge is -2.20. The van der Waals surface area contributed by atoms with Gasteiger partial charge in [-0.15, -0.1) is 11.8 Å². The van der Waals surface area contributed by atoms with Crippen LogP contribution in [-0.2, 0) is 9.59 Å². The SMILES string of the molecule is COc1ccc(NC(=O)CSc2ccc(NC(=O)C3CCCCC3)cc2)c(OC)c1. The summed E-state index contributed by atoms with van der Waals surface area (Å²) in [6, 6.07) is 12.9. The first kappa shape index (κ1) is 22.0. The number of anilines is 2. The van der Waals surface area contributed by atoms with E-state index in [2.05, 4.69) is 10.6 Å². The van der Waals surface area contributed by atoms with E-state index in [0.29, 0.717) is 17.2 Å². The summed E-state index contributed by atoms with van der Waals surface area (Å²) in [6.07, 6.45) is 5.46. The molecule has 2 aromatic rings. The minimum absolute atomic E-state index is 0.114. The number of carbonyl (C=O) groups excluding carboxylic acids is 2. The van der Waals surface area contributed by atoms with Gasteiger partial charge in [-0.05, 0) is 49.2 Å². The van der Waals surface area contributed by atoms with Crippen LogP contribution in [-0.4, -0.2) is 31.8 Å². The maximum atomic E-state index is 12.3. The normalized spacial score (nSPS) is 14.1. The zero-order chi connectivity index (χ0) is 21.3. The van der Waals surface area contributed by atoms with Crippen LogP contribution in [0.3, 0.4) is 0 Å². The van der Waals surface area contributed by atoms with E-state index in [1.54, 1.807) is 32.4 Å². The molecule has 2 N–H and O–H groups in total. The van der Waals surface area contributed by atoms with Gasteiger partial charge in [0, 0.05) is 22.6 Å². The van der Waals surface area contributed by atoms with Crippen molar-refractivity contribution in [1.82, 2.24) is 0 Å². The van der Waals surface area contributed by atoms with Gasteiger partial charge in [-0.2, -0.15) is 0 Å². The summed E-state index contributed by atoms with van der Waals surface area (Å²) in [4.78, 5) is 25.6. The third-order valence-corrected chi connectivity index (χ3v) is 6.16. The summed E-state index contributed by atoms with van der Waals surface area (Å²) in [5.74, 6) is 1.59. The Bertz CT molecular complexity index is 864. The Balaban J connectivity index is 1.48. The molecule has 6 nitrogen and oxygen atoms in total. The number of hydrogen-bond acceptors (Lipinski definition) is 5. The van der Waals surface area contributed by atoms with Gasteiger partial charge in [0.05, 0.1) is 25.7 Å². The van der Waals surface area contributed by atoms with Crippen LogP contribution < -0.4 is 20.1 Å². The van der Waals surface area contributed by atoms with Gasteiger partial charge in [0.2, 0.25) is 11.8 Å². The Kier molecular flexibility index (Phi) is 8.02. The molecule has 1 aliphatic carbocycles. The highest BCUT2D eigenvalue weighted by atomic mass is 32.2. The van der Waals surface area contributed by atoms with Crippen LogP contribution in [0, 0.1) is 5.92 Å². The summed E-state index contributed by atoms with van der Waals surface area (Å²) >= 11 is 1.43. The van der Waals surface area contributed by atoms with Gasteiger partial charge in [0.1, 0.15) is 11.5 Å². The van der Waals surface area contributed by atoms with Crippen molar-refractivity contribution in [2.24, 2.45) is 5.92 Å². The van der Waals surface area contributed by atoms with Crippen LogP contribution in [0.25, 0.3) is 0 Å². The van der Waals surface area contributed by atoms with E-state index in [4.69, 9.17) is 9.47 Å². The van der Waals surface area contributed by atoms with Crippen molar-refractivity contribution in [3.63, 3.8) is 0 Å². The van der Waals surface area contributed by atoms with Gasteiger partial charge in [-0.25, -0.2) is 0 Å². The highest BCUT2D eigenvalue weighted by Gasteiger charge is 2.21. The van der Waals surface area contributed by atoms with Crippen LogP contribution in [0.15, 0.2) is 47.4 Å². The van der Waals surface area contributed by atoms with Gasteiger partial charge < -0.3 is 20.1 Å². The molecule has 0 atom stereocenters. The number of methoxy groups -OCH3 is 2. The maximum Gasteiger partial charge on any atom is 0.234 e. The second kappa shape index (κ2) is 10.9. The standard InChI is InChI=1S/C23H28N2O4S/c1-28-18-10-13-20(21(14-18)29-2)25-22(26)15-30-19-11-8-17(9-12-19)24-23(27)16-6-4-3-5-7-16/h8-14,16H,3-7,15H2,1-2H3,(H,24,27)(H,25,26). The average Bonchev–Trinajstić information content (AvgIpc) is 2.79. The predicted octanol–water partition coefficient (Wildman–Crippen LogP) is 4.95. The van der Waals surface area contributed by atoms with Gasteiger partial charge in [-0.3, -0.25) is 9.59 Å². The third kappa shape index (κ3) is 6.16. The molecule has 0 aliphatic heterocycles. The second-order valence-electron chi connectivity index (χ2n) is 7.25. The maximum absolute atomic E-state index is 12.3. The average molecular weight is 429 g/mol. The zero-order valence-corrected chi connectivity index (χ0v) is 18.2. The molecule has 0 saturated heterocycles. The van der Waals surface area contributed by atoms with Crippen LogP contribution in [0.1, 0.15) is 32.1 Å². The van der Waals surface area contributed by atoms with Crippen molar-refractivity contribution in [3.05, 3.63) is 42.5 Å². The summed E-state index contributed by atoms with van der Waals surface area (Å²) in [5, 5.41) is 5.87. The molecule has 0 aromatic heterocycles. The van der Waals surface area contributed by atoms with Gasteiger partial charge in [0.15, 0.2) is 0 Å². The lowest BCUT2D eigenvalue weighted by atomic mass is 9.88. The molecule has 2 amide bonds. The molecule has 160 valence electrons. The molecule has 1 aliphatic rings. The fourth-order valence-electron chi connectivity index (χ4n) is 3.48. The molecule has 0 heterocycles. The second-order valence-corrected chi connectivity index (χ2v) is 8.30. The smallest absolute Gasteiger partial charge is 0.234 e. The van der Waals surface area contributed by atoms with Crippen molar-refractivity contribution in [2.45, 2.75) is 37.0 Å². The number of rotatable bonds is 8. The molecular weight excluding hydrogens is 400 g/mol. The molecule has 30 heavy (non-hydrogen) atoms. The molecule has 7 heteroatoms. The molecular formula is C23H28N2O4S. The molecule has 0 bridgehead atoms. The quantitative estimate of drug-likeness (QED) is 0.582. The Morgan fingerprint density at radius 3 is 2.37 bits per heavy atom.